The highest BCUT2D eigenvalue weighted by Gasteiger charge is 2.37. The molecule has 41 heavy (non-hydrogen) atoms. The molecule has 1 fully saturated rings. The lowest BCUT2D eigenvalue weighted by Crippen LogP contribution is -2.49. The molecule has 1 aliphatic heterocycles. The summed E-state index contributed by atoms with van der Waals surface area (Å²) in [5, 5.41) is 3.95. The molecule has 3 heterocycles. The minimum Gasteiger partial charge on any atom is -0.336 e. The van der Waals surface area contributed by atoms with E-state index in [2.05, 4.69) is 39.2 Å². The van der Waals surface area contributed by atoms with Crippen molar-refractivity contribution in [2.24, 2.45) is 0 Å². The predicted octanol–water partition coefficient (Wildman–Crippen LogP) is 6.27. The van der Waals surface area contributed by atoms with E-state index in [1.807, 2.05) is 55.5 Å². The Morgan fingerprint density at radius 2 is 1.41 bits per heavy atom. The predicted molar refractivity (Wildman–Crippen MR) is 150 cm³/mol. The number of rotatable bonds is 5. The quantitative estimate of drug-likeness (QED) is 0.257. The van der Waals surface area contributed by atoms with Crippen LogP contribution in [0.1, 0.15) is 38.8 Å². The van der Waals surface area contributed by atoms with Gasteiger partial charge in [0.2, 0.25) is 0 Å². The van der Waals surface area contributed by atoms with Gasteiger partial charge in [-0.1, -0.05) is 90.5 Å². The van der Waals surface area contributed by atoms with Gasteiger partial charge in [-0.3, -0.25) is 9.69 Å². The molecule has 208 valence electrons. The summed E-state index contributed by atoms with van der Waals surface area (Å²) in [4.78, 5) is 22.2. The maximum Gasteiger partial charge on any atom is 0.433 e. The van der Waals surface area contributed by atoms with Crippen molar-refractivity contribution in [2.75, 3.05) is 26.2 Å². The zero-order chi connectivity index (χ0) is 28.6. The van der Waals surface area contributed by atoms with Gasteiger partial charge in [-0.05, 0) is 24.1 Å². The number of hydrogen-bond acceptors (Lipinski definition) is 4. The number of halogens is 3. The monoisotopic (exact) mass is 555 g/mol. The first-order valence-corrected chi connectivity index (χ1v) is 13.5. The number of carbonyl (C=O) groups excluding carboxylic acids is 1. The highest BCUT2D eigenvalue weighted by molar-refractivity contribution is 6.00. The van der Waals surface area contributed by atoms with Crippen molar-refractivity contribution in [3.05, 3.63) is 125 Å². The Morgan fingerprint density at radius 1 is 0.829 bits per heavy atom. The van der Waals surface area contributed by atoms with Crippen molar-refractivity contribution >= 4 is 11.6 Å². The van der Waals surface area contributed by atoms with Crippen LogP contribution in [0.4, 0.5) is 13.2 Å². The number of fused-ring (bicyclic) bond motifs is 1. The van der Waals surface area contributed by atoms with Gasteiger partial charge in [0.1, 0.15) is 5.56 Å². The third-order valence-corrected chi connectivity index (χ3v) is 7.54. The van der Waals surface area contributed by atoms with Crippen molar-refractivity contribution in [1.82, 2.24) is 24.4 Å². The topological polar surface area (TPSA) is 53.7 Å². The van der Waals surface area contributed by atoms with Crippen molar-refractivity contribution in [2.45, 2.75) is 19.1 Å². The van der Waals surface area contributed by atoms with Gasteiger partial charge in [0.05, 0.1) is 17.9 Å². The number of amides is 1. The first-order chi connectivity index (χ1) is 19.8. The zero-order valence-electron chi connectivity index (χ0n) is 22.4. The number of benzene rings is 3. The van der Waals surface area contributed by atoms with Crippen molar-refractivity contribution < 1.29 is 18.0 Å². The van der Waals surface area contributed by atoms with Crippen LogP contribution in [0.15, 0.2) is 97.2 Å². The molecule has 1 amide bonds. The second-order valence-corrected chi connectivity index (χ2v) is 10.2. The smallest absolute Gasteiger partial charge is 0.336 e. The van der Waals surface area contributed by atoms with E-state index in [-0.39, 0.29) is 28.9 Å². The maximum absolute atomic E-state index is 14.1. The molecule has 0 atom stereocenters. The molecule has 5 aromatic rings. The number of aromatic nitrogens is 3. The molecule has 0 aliphatic carbocycles. The zero-order valence-corrected chi connectivity index (χ0v) is 22.4. The lowest BCUT2D eigenvalue weighted by atomic mass is 9.96. The summed E-state index contributed by atoms with van der Waals surface area (Å²) in [6.45, 7) is 3.97. The summed E-state index contributed by atoms with van der Waals surface area (Å²) in [6.07, 6.45) is -3.48. The fourth-order valence-corrected chi connectivity index (χ4v) is 5.43. The maximum atomic E-state index is 14.1. The first-order valence-electron chi connectivity index (χ1n) is 13.5. The van der Waals surface area contributed by atoms with Crippen LogP contribution in [0.25, 0.3) is 16.9 Å². The Balaban J connectivity index is 1.29. The molecule has 1 saturated heterocycles. The Kier molecular flexibility index (Phi) is 7.05. The molecule has 3 aromatic carbocycles. The summed E-state index contributed by atoms with van der Waals surface area (Å²) >= 11 is 0. The molecular weight excluding hydrogens is 527 g/mol. The molecule has 6 nitrogen and oxygen atoms in total. The van der Waals surface area contributed by atoms with Crippen LogP contribution in [-0.2, 0) is 6.18 Å². The van der Waals surface area contributed by atoms with Crippen LogP contribution in [0, 0.1) is 6.92 Å². The molecule has 0 N–H and O–H groups in total. The SMILES string of the molecule is Cc1ccc(-c2cc(C(F)(F)F)n3ncc(C(=O)N4CCN(C(c5ccccc5)c5ccccc5)CC4)c3n2)cc1. The molecule has 1 aliphatic rings. The molecule has 0 bridgehead atoms. The van der Waals surface area contributed by atoms with E-state index >= 15 is 0 Å². The summed E-state index contributed by atoms with van der Waals surface area (Å²) < 4.78 is 42.9. The second-order valence-electron chi connectivity index (χ2n) is 10.2. The van der Waals surface area contributed by atoms with E-state index in [1.54, 1.807) is 17.0 Å². The van der Waals surface area contributed by atoms with E-state index in [0.29, 0.717) is 31.7 Å². The summed E-state index contributed by atoms with van der Waals surface area (Å²) in [5.41, 5.74) is 2.95. The van der Waals surface area contributed by atoms with Gasteiger partial charge in [0, 0.05) is 31.7 Å². The fraction of sp³-hybridized carbons (Fsp3) is 0.219. The average molecular weight is 556 g/mol. The summed E-state index contributed by atoms with van der Waals surface area (Å²) in [5.74, 6) is -0.377. The first kappa shape index (κ1) is 26.7. The molecule has 6 rings (SSSR count). The summed E-state index contributed by atoms with van der Waals surface area (Å²) in [6, 6.07) is 28.5. The van der Waals surface area contributed by atoms with Crippen LogP contribution in [0.5, 0.6) is 0 Å². The van der Waals surface area contributed by atoms with Crippen LogP contribution in [0.3, 0.4) is 0 Å². The summed E-state index contributed by atoms with van der Waals surface area (Å²) in [7, 11) is 0. The van der Waals surface area contributed by atoms with Gasteiger partial charge in [0.25, 0.3) is 5.91 Å². The molecule has 0 saturated carbocycles. The average Bonchev–Trinajstić information content (AvgIpc) is 3.42. The van der Waals surface area contributed by atoms with Crippen LogP contribution in [0.2, 0.25) is 0 Å². The molecular formula is C32H28F3N5O. The number of aryl methyl sites for hydroxylation is 1. The minimum absolute atomic E-state index is 0.0275. The van der Waals surface area contributed by atoms with Crippen LogP contribution >= 0.6 is 0 Å². The largest absolute Gasteiger partial charge is 0.433 e. The Hall–Kier alpha value is -4.50. The Labute approximate surface area is 235 Å². The van der Waals surface area contributed by atoms with Gasteiger partial charge in [-0.25, -0.2) is 9.50 Å². The van der Waals surface area contributed by atoms with Gasteiger partial charge in [0.15, 0.2) is 11.3 Å². The fourth-order valence-electron chi connectivity index (χ4n) is 5.43. The second kappa shape index (κ2) is 10.8. The number of piperazine rings is 1. The Morgan fingerprint density at radius 3 is 1.98 bits per heavy atom. The van der Waals surface area contributed by atoms with E-state index in [9.17, 15) is 18.0 Å². The van der Waals surface area contributed by atoms with Crippen molar-refractivity contribution in [3.8, 4) is 11.3 Å². The molecule has 2 aromatic heterocycles. The highest BCUT2D eigenvalue weighted by atomic mass is 19.4. The number of nitrogens with zero attached hydrogens (tertiary/aromatic N) is 5. The highest BCUT2D eigenvalue weighted by Crippen LogP contribution is 2.34. The van der Waals surface area contributed by atoms with E-state index in [0.717, 1.165) is 27.3 Å². The van der Waals surface area contributed by atoms with Crippen molar-refractivity contribution in [1.29, 1.82) is 0 Å². The lowest BCUT2D eigenvalue weighted by molar-refractivity contribution is -0.142. The Bertz CT molecular complexity index is 1620. The third-order valence-electron chi connectivity index (χ3n) is 7.54. The van der Waals surface area contributed by atoms with Crippen LogP contribution in [-0.4, -0.2) is 56.5 Å². The number of hydrogen-bond donors (Lipinski definition) is 0. The van der Waals surface area contributed by atoms with E-state index < -0.39 is 11.9 Å². The minimum atomic E-state index is -4.68. The molecule has 0 radical (unpaired) electrons. The van der Waals surface area contributed by atoms with Gasteiger partial charge in [-0.2, -0.15) is 18.3 Å². The lowest BCUT2D eigenvalue weighted by Gasteiger charge is -2.39. The van der Waals surface area contributed by atoms with Crippen LogP contribution < -0.4 is 0 Å². The third kappa shape index (κ3) is 5.32. The standard InChI is InChI=1S/C32H28F3N5O/c1-22-12-14-23(15-13-22)27-20-28(32(33,34)35)40-30(37-27)26(21-36-40)31(41)39-18-16-38(17-19-39)29(24-8-4-2-5-9-24)25-10-6-3-7-11-25/h2-15,20-21,29H,16-19H2,1H3. The van der Waals surface area contributed by atoms with Gasteiger partial charge >= 0.3 is 6.18 Å². The number of alkyl halides is 3. The number of carbonyl (C=O) groups is 1. The van der Waals surface area contributed by atoms with Gasteiger partial charge < -0.3 is 4.90 Å². The molecule has 0 unspecified atom stereocenters. The van der Waals surface area contributed by atoms with Gasteiger partial charge in [-0.15, -0.1) is 0 Å². The van der Waals surface area contributed by atoms with E-state index in [1.165, 1.54) is 6.20 Å². The normalized spacial score (nSPS) is 14.6. The van der Waals surface area contributed by atoms with E-state index in [4.69, 9.17) is 0 Å². The van der Waals surface area contributed by atoms with Crippen molar-refractivity contribution in [3.63, 3.8) is 0 Å². The molecule has 9 heteroatoms. The molecule has 0 spiro atoms.